The quantitative estimate of drug-likeness (QED) is 0.401. The number of nitrogens with zero attached hydrogens (tertiary/aromatic N) is 2. The Morgan fingerprint density at radius 3 is 2.67 bits per heavy atom. The lowest BCUT2D eigenvalue weighted by Gasteiger charge is -2.42. The second-order valence-electron chi connectivity index (χ2n) is 12.0. The van der Waals surface area contributed by atoms with Crippen LogP contribution in [0, 0.1) is 11.8 Å². The molecule has 226 valence electrons. The first-order valence-electron chi connectivity index (χ1n) is 15.0. The van der Waals surface area contributed by atoms with Crippen molar-refractivity contribution in [3.05, 3.63) is 70.3 Å². The lowest BCUT2D eigenvalue weighted by molar-refractivity contribution is -0.164. The molecule has 2 aromatic carbocycles. The smallest absolute Gasteiger partial charge is 0.340 e. The van der Waals surface area contributed by atoms with Crippen molar-refractivity contribution in [1.29, 1.82) is 0 Å². The van der Waals surface area contributed by atoms with Crippen LogP contribution >= 0.6 is 11.6 Å². The predicted molar refractivity (Wildman–Crippen MR) is 162 cm³/mol. The van der Waals surface area contributed by atoms with Crippen LogP contribution in [0.3, 0.4) is 0 Å². The molecule has 4 atom stereocenters. The normalized spacial score (nSPS) is 28.2. The molecule has 1 amide bonds. The molecule has 5 rings (SSSR count). The number of halogens is 1. The average molecular weight is 597 g/mol. The fourth-order valence-electron chi connectivity index (χ4n) is 6.35. The van der Waals surface area contributed by atoms with Crippen LogP contribution < -0.4 is 9.64 Å². The van der Waals surface area contributed by atoms with E-state index in [1.54, 1.807) is 25.2 Å². The number of fused-ring (bicyclic) bond motifs is 3. The van der Waals surface area contributed by atoms with Gasteiger partial charge in [-0.15, -0.1) is 0 Å². The molecule has 42 heavy (non-hydrogen) atoms. The molecule has 0 spiro atoms. The van der Waals surface area contributed by atoms with Crippen molar-refractivity contribution in [2.75, 3.05) is 31.6 Å². The molecule has 2 bridgehead atoms. The van der Waals surface area contributed by atoms with E-state index in [0.717, 1.165) is 43.2 Å². The Bertz CT molecular complexity index is 1330. The molecule has 1 fully saturated rings. The second kappa shape index (κ2) is 13.1. The highest BCUT2D eigenvalue weighted by Gasteiger charge is 2.42. The Morgan fingerprint density at radius 1 is 1.07 bits per heavy atom. The minimum absolute atomic E-state index is 0.134. The van der Waals surface area contributed by atoms with Crippen LogP contribution in [0.15, 0.2) is 48.6 Å². The van der Waals surface area contributed by atoms with Gasteiger partial charge in [0.1, 0.15) is 12.4 Å². The Morgan fingerprint density at radius 2 is 1.90 bits per heavy atom. The fraction of sp³-hybridized carbons (Fsp3) is 0.515. The highest BCUT2D eigenvalue weighted by molar-refractivity contribution is 6.30. The van der Waals surface area contributed by atoms with E-state index in [2.05, 4.69) is 4.90 Å². The third kappa shape index (κ3) is 6.61. The molecule has 1 saturated carbocycles. The molecule has 3 N–H and O–H groups in total. The summed E-state index contributed by atoms with van der Waals surface area (Å²) < 4.78 is 6.39. The Balaban J connectivity index is 1.57. The third-order valence-electron chi connectivity index (χ3n) is 9.21. The van der Waals surface area contributed by atoms with Crippen molar-refractivity contribution in [3.63, 3.8) is 0 Å². The molecule has 0 radical (unpaired) electrons. The molecule has 0 aromatic heterocycles. The van der Waals surface area contributed by atoms with Crippen LogP contribution in [0.5, 0.6) is 5.75 Å². The van der Waals surface area contributed by atoms with Gasteiger partial charge in [0.2, 0.25) is 5.91 Å². The molecule has 8 nitrogen and oxygen atoms in total. The maximum atomic E-state index is 13.1. The van der Waals surface area contributed by atoms with Crippen molar-refractivity contribution in [1.82, 2.24) is 4.90 Å². The lowest BCUT2D eigenvalue weighted by Crippen LogP contribution is -2.44. The molecule has 2 aromatic rings. The number of rotatable bonds is 1. The Hall–Kier alpha value is -3.07. The molecular weight excluding hydrogens is 556 g/mol. The molecule has 0 unspecified atom stereocenters. The standard InChI is InChI=1S/C33H41ClN2O6/c1-35-15-5-2-3-8-29(37)27-13-10-23(27)20-36-16-6-4-7-22-17-26(34)12-9-24(22)21-42-30-14-11-25(18-28(30)36)33(41,32(39)40)19-31(35)38/h3,8-9,11-12,14,17-18,23,27,29,37,41H,2,4-7,10,13,15-16,19-21H2,1H3,(H,39,40)/b8-3+/t23-,27+,29-,33-/m0/s1. The van der Waals surface area contributed by atoms with Crippen molar-refractivity contribution >= 4 is 29.2 Å². The molecule has 1 aliphatic carbocycles. The first-order valence-corrected chi connectivity index (χ1v) is 15.4. The van der Waals surface area contributed by atoms with E-state index in [9.17, 15) is 24.9 Å². The van der Waals surface area contributed by atoms with Crippen LogP contribution in [-0.4, -0.2) is 64.9 Å². The summed E-state index contributed by atoms with van der Waals surface area (Å²) in [5, 5.41) is 33.4. The summed E-state index contributed by atoms with van der Waals surface area (Å²) in [6.45, 7) is 2.09. The van der Waals surface area contributed by atoms with Gasteiger partial charge in [-0.1, -0.05) is 35.9 Å². The zero-order chi connectivity index (χ0) is 29.9. The molecule has 3 aliphatic rings. The van der Waals surface area contributed by atoms with Crippen molar-refractivity contribution in [2.45, 2.75) is 69.7 Å². The van der Waals surface area contributed by atoms with E-state index in [1.165, 1.54) is 4.90 Å². The van der Waals surface area contributed by atoms with Gasteiger partial charge in [0.05, 0.1) is 18.2 Å². The molecule has 0 saturated heterocycles. The van der Waals surface area contributed by atoms with Gasteiger partial charge in [-0.2, -0.15) is 0 Å². The minimum Gasteiger partial charge on any atom is -0.487 e. The monoisotopic (exact) mass is 596 g/mol. The van der Waals surface area contributed by atoms with Gasteiger partial charge in [0.25, 0.3) is 0 Å². The van der Waals surface area contributed by atoms with Gasteiger partial charge in [0, 0.05) is 31.7 Å². The number of ether oxygens (including phenoxy) is 1. The third-order valence-corrected chi connectivity index (χ3v) is 9.44. The molecule has 2 aliphatic heterocycles. The first kappa shape index (κ1) is 30.4. The number of aliphatic hydroxyl groups excluding tert-OH is 1. The summed E-state index contributed by atoms with van der Waals surface area (Å²) >= 11 is 6.30. The number of carbonyl (C=O) groups is 2. The van der Waals surface area contributed by atoms with Crippen molar-refractivity contribution < 1.29 is 29.6 Å². The van der Waals surface area contributed by atoms with E-state index >= 15 is 0 Å². The summed E-state index contributed by atoms with van der Waals surface area (Å²) in [5.74, 6) is -0.960. The second-order valence-corrected chi connectivity index (χ2v) is 12.4. The molecule has 9 heteroatoms. The SMILES string of the molecule is CN1CCC/C=C/[C@H](O)[C@@H]2CC[C@H]2CN2CCCCc3cc(Cl)ccc3COc3ccc(cc32)[C@](O)(C(=O)O)CC1=O. The average Bonchev–Trinajstić information content (AvgIpc) is 2.97. The molecule has 2 heterocycles. The maximum Gasteiger partial charge on any atom is 0.340 e. The van der Waals surface area contributed by atoms with Gasteiger partial charge in [-0.3, -0.25) is 4.79 Å². The van der Waals surface area contributed by atoms with Crippen LogP contribution in [0.25, 0.3) is 0 Å². The Labute approximate surface area is 252 Å². The van der Waals surface area contributed by atoms with E-state index in [4.69, 9.17) is 16.3 Å². The highest BCUT2D eigenvalue weighted by atomic mass is 35.5. The predicted octanol–water partition coefficient (Wildman–Crippen LogP) is 4.92. The number of aliphatic hydroxyl groups is 2. The summed E-state index contributed by atoms with van der Waals surface area (Å²) in [4.78, 5) is 29.3. The number of anilines is 1. The van der Waals surface area contributed by atoms with E-state index < -0.39 is 30.0 Å². The summed E-state index contributed by atoms with van der Waals surface area (Å²) in [5.41, 5.74) is 0.614. The van der Waals surface area contributed by atoms with Gasteiger partial charge >= 0.3 is 5.97 Å². The number of amides is 1. The Kier molecular flexibility index (Phi) is 9.45. The van der Waals surface area contributed by atoms with Crippen LogP contribution in [0.1, 0.15) is 61.6 Å². The maximum absolute atomic E-state index is 13.1. The number of aryl methyl sites for hydroxylation is 1. The number of hydrogen-bond acceptors (Lipinski definition) is 6. The number of benzene rings is 2. The van der Waals surface area contributed by atoms with Crippen LogP contribution in [0.4, 0.5) is 5.69 Å². The lowest BCUT2D eigenvalue weighted by atomic mass is 9.70. The summed E-state index contributed by atoms with van der Waals surface area (Å²) in [7, 11) is 1.62. The zero-order valence-corrected chi connectivity index (χ0v) is 24.9. The number of carboxylic acids is 1. The first-order chi connectivity index (χ1) is 20.2. The van der Waals surface area contributed by atoms with Crippen LogP contribution in [-0.2, 0) is 28.2 Å². The highest BCUT2D eigenvalue weighted by Crippen LogP contribution is 2.42. The van der Waals surface area contributed by atoms with Gasteiger partial charge in [0.15, 0.2) is 5.60 Å². The van der Waals surface area contributed by atoms with E-state index in [0.29, 0.717) is 55.5 Å². The zero-order valence-electron chi connectivity index (χ0n) is 24.2. The number of carboxylic acid groups (broad SMARTS) is 1. The minimum atomic E-state index is -2.40. The number of allylic oxidation sites excluding steroid dienone is 1. The van der Waals surface area contributed by atoms with E-state index in [-0.39, 0.29) is 17.4 Å². The van der Waals surface area contributed by atoms with Gasteiger partial charge in [-0.05, 0) is 97.7 Å². The largest absolute Gasteiger partial charge is 0.487 e. The van der Waals surface area contributed by atoms with Gasteiger partial charge < -0.3 is 29.9 Å². The molecular formula is C33H41ClN2O6. The fourth-order valence-corrected chi connectivity index (χ4v) is 6.55. The van der Waals surface area contributed by atoms with Crippen molar-refractivity contribution in [2.24, 2.45) is 11.8 Å². The van der Waals surface area contributed by atoms with E-state index in [1.807, 2.05) is 30.4 Å². The topological polar surface area (TPSA) is 111 Å². The van der Waals surface area contributed by atoms with Crippen molar-refractivity contribution in [3.8, 4) is 5.75 Å². The summed E-state index contributed by atoms with van der Waals surface area (Å²) in [6, 6.07) is 10.8. The van der Waals surface area contributed by atoms with Gasteiger partial charge in [-0.25, -0.2) is 4.79 Å². The number of aliphatic carboxylic acids is 1. The van der Waals surface area contributed by atoms with Crippen LogP contribution in [0.2, 0.25) is 5.02 Å². The number of hydrogen-bond donors (Lipinski definition) is 3. The number of carbonyl (C=O) groups excluding carboxylic acids is 1. The summed E-state index contributed by atoms with van der Waals surface area (Å²) in [6.07, 6.45) is 8.69.